The third-order valence-electron chi connectivity index (χ3n) is 2.44. The van der Waals surface area contributed by atoms with Crippen LogP contribution in [0.5, 0.6) is 0 Å². The fraction of sp³-hybridized carbons (Fsp3) is 0.462. The molecular weight excluding hydrogens is 308 g/mol. The Hall–Kier alpha value is -0.880. The van der Waals surface area contributed by atoms with Gasteiger partial charge < -0.3 is 14.8 Å². The lowest BCUT2D eigenvalue weighted by Gasteiger charge is -2.08. The summed E-state index contributed by atoms with van der Waals surface area (Å²) in [5, 5.41) is 2.64. The molecule has 0 aromatic heterocycles. The summed E-state index contributed by atoms with van der Waals surface area (Å²) in [6.07, 6.45) is 0.642. The average Bonchev–Trinajstić information content (AvgIpc) is 2.41. The van der Waals surface area contributed by atoms with E-state index in [1.54, 1.807) is 7.11 Å². The molecule has 0 saturated heterocycles. The molecule has 1 N–H and O–H groups in total. The maximum Gasteiger partial charge on any atom is 0.252 e. The van der Waals surface area contributed by atoms with Gasteiger partial charge in [-0.1, -0.05) is 23.2 Å². The number of ether oxygens (including phenoxy) is 2. The fourth-order valence-corrected chi connectivity index (χ4v) is 1.88. The quantitative estimate of drug-likeness (QED) is 0.591. The van der Waals surface area contributed by atoms with Gasteiger partial charge in [-0.15, -0.1) is 0 Å². The van der Waals surface area contributed by atoms with Crippen molar-refractivity contribution < 1.29 is 18.7 Å². The summed E-state index contributed by atoms with van der Waals surface area (Å²) in [4.78, 5) is 11.8. The highest BCUT2D eigenvalue weighted by molar-refractivity contribution is 6.36. The standard InChI is InChI=1S/C13H16Cl2FNO3/c1-19-5-6-20-4-2-3-17-13(18)9-7-12(16)11(15)8-10(9)14/h7-8H,2-6H2,1H3,(H,17,18). The lowest BCUT2D eigenvalue weighted by atomic mass is 10.2. The predicted octanol–water partition coefficient (Wildman–Crippen LogP) is 2.92. The maximum atomic E-state index is 13.3. The van der Waals surface area contributed by atoms with Gasteiger partial charge in [0.15, 0.2) is 0 Å². The Kier molecular flexibility index (Phi) is 7.84. The van der Waals surface area contributed by atoms with Crippen molar-refractivity contribution in [3.8, 4) is 0 Å². The van der Waals surface area contributed by atoms with E-state index in [0.29, 0.717) is 32.8 Å². The van der Waals surface area contributed by atoms with E-state index in [4.69, 9.17) is 32.7 Å². The first kappa shape index (κ1) is 17.2. The lowest BCUT2D eigenvalue weighted by Crippen LogP contribution is -2.25. The molecule has 0 aliphatic carbocycles. The van der Waals surface area contributed by atoms with Gasteiger partial charge in [0.2, 0.25) is 0 Å². The number of methoxy groups -OCH3 is 1. The second kappa shape index (κ2) is 9.13. The molecule has 1 aromatic carbocycles. The van der Waals surface area contributed by atoms with Crippen molar-refractivity contribution in [3.05, 3.63) is 33.6 Å². The van der Waals surface area contributed by atoms with Crippen molar-refractivity contribution in [3.63, 3.8) is 0 Å². The number of amides is 1. The third-order valence-corrected chi connectivity index (χ3v) is 3.04. The molecule has 0 aliphatic heterocycles. The second-order valence-corrected chi connectivity index (χ2v) is 4.78. The zero-order chi connectivity index (χ0) is 15.0. The molecule has 1 amide bonds. The average molecular weight is 324 g/mol. The number of halogens is 3. The molecule has 0 atom stereocenters. The first-order chi connectivity index (χ1) is 9.56. The van der Waals surface area contributed by atoms with Gasteiger partial charge in [-0.05, 0) is 18.6 Å². The highest BCUT2D eigenvalue weighted by Crippen LogP contribution is 2.24. The Labute approximate surface area is 127 Å². The van der Waals surface area contributed by atoms with Gasteiger partial charge >= 0.3 is 0 Å². The van der Waals surface area contributed by atoms with Crippen molar-refractivity contribution in [1.29, 1.82) is 0 Å². The summed E-state index contributed by atoms with van der Waals surface area (Å²) in [7, 11) is 1.60. The molecule has 4 nitrogen and oxygen atoms in total. The molecule has 0 heterocycles. The van der Waals surface area contributed by atoms with Crippen molar-refractivity contribution in [2.45, 2.75) is 6.42 Å². The smallest absolute Gasteiger partial charge is 0.252 e. The highest BCUT2D eigenvalue weighted by Gasteiger charge is 2.13. The van der Waals surface area contributed by atoms with Crippen molar-refractivity contribution in [1.82, 2.24) is 5.32 Å². The lowest BCUT2D eigenvalue weighted by molar-refractivity contribution is 0.0688. The Balaban J connectivity index is 2.34. The molecule has 0 fully saturated rings. The number of carbonyl (C=O) groups excluding carboxylic acids is 1. The topological polar surface area (TPSA) is 47.6 Å². The van der Waals surface area contributed by atoms with E-state index in [9.17, 15) is 9.18 Å². The van der Waals surface area contributed by atoms with E-state index in [2.05, 4.69) is 5.32 Å². The highest BCUT2D eigenvalue weighted by atomic mass is 35.5. The van der Waals surface area contributed by atoms with Gasteiger partial charge in [0.25, 0.3) is 5.91 Å². The van der Waals surface area contributed by atoms with Crippen LogP contribution >= 0.6 is 23.2 Å². The molecule has 1 aromatic rings. The van der Waals surface area contributed by atoms with Crippen LogP contribution in [0.3, 0.4) is 0 Å². The van der Waals surface area contributed by atoms with Crippen molar-refractivity contribution in [2.24, 2.45) is 0 Å². The van der Waals surface area contributed by atoms with E-state index in [1.807, 2.05) is 0 Å². The summed E-state index contributed by atoms with van der Waals surface area (Å²) in [6.45, 7) is 1.96. The number of hydrogen-bond acceptors (Lipinski definition) is 3. The summed E-state index contributed by atoms with van der Waals surface area (Å²) in [6, 6.07) is 2.23. The summed E-state index contributed by atoms with van der Waals surface area (Å²) >= 11 is 11.4. The summed E-state index contributed by atoms with van der Waals surface area (Å²) in [5.74, 6) is -1.12. The largest absolute Gasteiger partial charge is 0.382 e. The molecule has 0 radical (unpaired) electrons. The Morgan fingerprint density at radius 1 is 1.25 bits per heavy atom. The summed E-state index contributed by atoms with van der Waals surface area (Å²) < 4.78 is 23.3. The van der Waals surface area contributed by atoms with Crippen LogP contribution in [0.1, 0.15) is 16.8 Å². The van der Waals surface area contributed by atoms with Crippen LogP contribution in [-0.2, 0) is 9.47 Å². The van der Waals surface area contributed by atoms with Gasteiger partial charge in [-0.25, -0.2) is 4.39 Å². The van der Waals surface area contributed by atoms with E-state index < -0.39 is 11.7 Å². The van der Waals surface area contributed by atoms with Crippen LogP contribution in [0.4, 0.5) is 4.39 Å². The van der Waals surface area contributed by atoms with Gasteiger partial charge in [0.05, 0.1) is 28.8 Å². The van der Waals surface area contributed by atoms with Gasteiger partial charge in [-0.2, -0.15) is 0 Å². The predicted molar refractivity (Wildman–Crippen MR) is 76.1 cm³/mol. The van der Waals surface area contributed by atoms with Crippen LogP contribution in [0.25, 0.3) is 0 Å². The molecule has 0 spiro atoms. The Morgan fingerprint density at radius 3 is 2.70 bits per heavy atom. The van der Waals surface area contributed by atoms with E-state index in [0.717, 1.165) is 6.07 Å². The first-order valence-electron chi connectivity index (χ1n) is 6.05. The fourth-order valence-electron chi connectivity index (χ4n) is 1.41. The van der Waals surface area contributed by atoms with Gasteiger partial charge in [-0.3, -0.25) is 4.79 Å². The van der Waals surface area contributed by atoms with Gasteiger partial charge in [0, 0.05) is 20.3 Å². The van der Waals surface area contributed by atoms with E-state index in [-0.39, 0.29) is 15.6 Å². The molecule has 112 valence electrons. The van der Waals surface area contributed by atoms with E-state index >= 15 is 0 Å². The second-order valence-electron chi connectivity index (χ2n) is 3.96. The molecule has 0 bridgehead atoms. The molecular formula is C13H16Cl2FNO3. The van der Waals surface area contributed by atoms with Crippen LogP contribution in [0.15, 0.2) is 12.1 Å². The minimum absolute atomic E-state index is 0.0638. The van der Waals surface area contributed by atoms with Crippen molar-refractivity contribution in [2.75, 3.05) is 33.5 Å². The third kappa shape index (κ3) is 5.63. The number of rotatable bonds is 8. The van der Waals surface area contributed by atoms with Crippen LogP contribution in [0.2, 0.25) is 10.0 Å². The Bertz CT molecular complexity index is 457. The molecule has 1 rings (SSSR count). The number of benzene rings is 1. The minimum Gasteiger partial charge on any atom is -0.382 e. The normalized spacial score (nSPS) is 10.6. The number of hydrogen-bond donors (Lipinski definition) is 1. The van der Waals surface area contributed by atoms with E-state index in [1.165, 1.54) is 6.07 Å². The molecule has 20 heavy (non-hydrogen) atoms. The van der Waals surface area contributed by atoms with Crippen molar-refractivity contribution >= 4 is 29.1 Å². The van der Waals surface area contributed by atoms with Crippen LogP contribution < -0.4 is 5.32 Å². The van der Waals surface area contributed by atoms with Crippen LogP contribution in [0, 0.1) is 5.82 Å². The zero-order valence-electron chi connectivity index (χ0n) is 11.0. The number of nitrogens with one attached hydrogen (secondary N) is 1. The van der Waals surface area contributed by atoms with Gasteiger partial charge in [0.1, 0.15) is 5.82 Å². The molecule has 0 saturated carbocycles. The Morgan fingerprint density at radius 2 is 2.00 bits per heavy atom. The molecule has 0 aliphatic rings. The zero-order valence-corrected chi connectivity index (χ0v) is 12.6. The number of carbonyl (C=O) groups is 1. The SMILES string of the molecule is COCCOCCCNC(=O)c1cc(F)c(Cl)cc1Cl. The summed E-state index contributed by atoms with van der Waals surface area (Å²) in [5.41, 5.74) is 0.0638. The minimum atomic E-state index is -0.677. The van der Waals surface area contributed by atoms with Crippen LogP contribution in [-0.4, -0.2) is 39.4 Å². The monoisotopic (exact) mass is 323 g/mol. The molecule has 7 heteroatoms. The first-order valence-corrected chi connectivity index (χ1v) is 6.81. The maximum absolute atomic E-state index is 13.3. The molecule has 0 unspecified atom stereocenters.